The Balaban J connectivity index is 1.42. The lowest BCUT2D eigenvalue weighted by molar-refractivity contribution is -0.123. The average molecular weight is 463 g/mol. The van der Waals surface area contributed by atoms with Crippen molar-refractivity contribution < 1.29 is 14.3 Å². The number of amides is 1. The van der Waals surface area contributed by atoms with Crippen LogP contribution >= 0.6 is 15.9 Å². The fourth-order valence-electron chi connectivity index (χ4n) is 3.26. The summed E-state index contributed by atoms with van der Waals surface area (Å²) in [7, 11) is 1.64. The fourth-order valence-corrected chi connectivity index (χ4v) is 3.87. The molecule has 1 N–H and O–H groups in total. The number of nitrogens with one attached hydrogen (secondary N) is 1. The molecule has 0 atom stereocenters. The molecule has 0 aromatic heterocycles. The summed E-state index contributed by atoms with van der Waals surface area (Å²) in [5.41, 5.74) is 3.39. The first-order valence-electron chi connectivity index (χ1n) is 9.35. The maximum absolute atomic E-state index is 12.2. The van der Waals surface area contributed by atoms with Crippen LogP contribution in [0.15, 0.2) is 82.4 Å². The first-order valence-corrected chi connectivity index (χ1v) is 10.1. The van der Waals surface area contributed by atoms with Crippen LogP contribution in [0.5, 0.6) is 11.5 Å². The van der Waals surface area contributed by atoms with E-state index in [0.29, 0.717) is 5.75 Å². The molecule has 0 aliphatic rings. The number of benzene rings is 4. The molecule has 0 spiro atoms. The topological polar surface area (TPSA) is 59.9 Å². The molecule has 0 aliphatic carbocycles. The van der Waals surface area contributed by atoms with Gasteiger partial charge in [0, 0.05) is 10.9 Å². The molecular formula is C24H19BrN2O3. The van der Waals surface area contributed by atoms with Crippen molar-refractivity contribution in [2.75, 3.05) is 13.7 Å². The molecule has 0 heterocycles. The van der Waals surface area contributed by atoms with E-state index in [-0.39, 0.29) is 12.5 Å². The summed E-state index contributed by atoms with van der Waals surface area (Å²) in [6.45, 7) is -0.141. The fraction of sp³-hybridized carbons (Fsp3) is 0.0833. The Morgan fingerprint density at radius 2 is 1.63 bits per heavy atom. The Morgan fingerprint density at radius 3 is 2.43 bits per heavy atom. The molecule has 0 aliphatic heterocycles. The van der Waals surface area contributed by atoms with Gasteiger partial charge in [-0.25, -0.2) is 5.43 Å². The number of ether oxygens (including phenoxy) is 2. The standard InChI is InChI=1S/C24H19BrN2O3/c1-29-21-12-11-17(18-7-4-5-9-20(18)21)14-26-27-23(28)15-30-22-13-10-16-6-2-3-8-19(16)24(22)25/h2-14H,15H2,1H3,(H,27,28). The minimum Gasteiger partial charge on any atom is -0.496 e. The number of fused-ring (bicyclic) bond motifs is 2. The van der Waals surface area contributed by atoms with Crippen molar-refractivity contribution in [1.82, 2.24) is 5.43 Å². The van der Waals surface area contributed by atoms with E-state index in [1.165, 1.54) is 0 Å². The third-order valence-electron chi connectivity index (χ3n) is 4.72. The number of hydrazone groups is 1. The molecular weight excluding hydrogens is 444 g/mol. The van der Waals surface area contributed by atoms with Crippen LogP contribution in [0, 0.1) is 0 Å². The quantitative estimate of drug-likeness (QED) is 0.312. The minimum atomic E-state index is -0.343. The summed E-state index contributed by atoms with van der Waals surface area (Å²) in [5.74, 6) is 1.05. The highest BCUT2D eigenvalue weighted by atomic mass is 79.9. The number of carbonyl (C=O) groups excluding carboxylic acids is 1. The first-order chi connectivity index (χ1) is 14.7. The van der Waals surface area contributed by atoms with Crippen molar-refractivity contribution in [1.29, 1.82) is 0 Å². The van der Waals surface area contributed by atoms with Crippen LogP contribution in [0.1, 0.15) is 5.56 Å². The second-order valence-electron chi connectivity index (χ2n) is 6.58. The van der Waals surface area contributed by atoms with Crippen LogP contribution in [0.25, 0.3) is 21.5 Å². The SMILES string of the molecule is COc1ccc(C=NNC(=O)COc2ccc3ccccc3c2Br)c2ccccc12. The molecule has 0 unspecified atom stereocenters. The highest BCUT2D eigenvalue weighted by molar-refractivity contribution is 9.10. The molecule has 0 saturated carbocycles. The minimum absolute atomic E-state index is 0.141. The van der Waals surface area contributed by atoms with E-state index < -0.39 is 0 Å². The molecule has 0 fully saturated rings. The molecule has 5 nitrogen and oxygen atoms in total. The van der Waals surface area contributed by atoms with Gasteiger partial charge in [-0.3, -0.25) is 4.79 Å². The van der Waals surface area contributed by atoms with Crippen molar-refractivity contribution in [2.45, 2.75) is 0 Å². The predicted molar refractivity (Wildman–Crippen MR) is 123 cm³/mol. The third-order valence-corrected chi connectivity index (χ3v) is 5.54. The summed E-state index contributed by atoms with van der Waals surface area (Å²) >= 11 is 3.55. The second kappa shape index (κ2) is 8.97. The van der Waals surface area contributed by atoms with Gasteiger partial charge in [0.1, 0.15) is 11.5 Å². The molecule has 4 rings (SSSR count). The van der Waals surface area contributed by atoms with Gasteiger partial charge in [0.05, 0.1) is 17.8 Å². The van der Waals surface area contributed by atoms with Crippen molar-refractivity contribution in [3.63, 3.8) is 0 Å². The maximum atomic E-state index is 12.2. The summed E-state index contributed by atoms with van der Waals surface area (Å²) in [5, 5.41) is 8.17. The van der Waals surface area contributed by atoms with E-state index in [1.807, 2.05) is 72.8 Å². The van der Waals surface area contributed by atoms with Gasteiger partial charge in [0.25, 0.3) is 5.91 Å². The highest BCUT2D eigenvalue weighted by Crippen LogP contribution is 2.33. The van der Waals surface area contributed by atoms with E-state index in [9.17, 15) is 4.79 Å². The van der Waals surface area contributed by atoms with Crippen LogP contribution in [0.4, 0.5) is 0 Å². The summed E-state index contributed by atoms with van der Waals surface area (Å²) < 4.78 is 11.9. The van der Waals surface area contributed by atoms with Crippen molar-refractivity contribution in [2.24, 2.45) is 5.10 Å². The Labute approximate surface area is 182 Å². The molecule has 4 aromatic carbocycles. The Kier molecular flexibility index (Phi) is 5.95. The number of halogens is 1. The zero-order chi connectivity index (χ0) is 20.9. The largest absolute Gasteiger partial charge is 0.496 e. The summed E-state index contributed by atoms with van der Waals surface area (Å²) in [4.78, 5) is 12.2. The molecule has 1 amide bonds. The van der Waals surface area contributed by atoms with Gasteiger partial charge in [-0.15, -0.1) is 0 Å². The smallest absolute Gasteiger partial charge is 0.277 e. The molecule has 0 bridgehead atoms. The van der Waals surface area contributed by atoms with Gasteiger partial charge < -0.3 is 9.47 Å². The average Bonchev–Trinajstić information content (AvgIpc) is 2.79. The molecule has 150 valence electrons. The number of methoxy groups -OCH3 is 1. The zero-order valence-corrected chi connectivity index (χ0v) is 17.8. The number of rotatable bonds is 6. The number of hydrogen-bond acceptors (Lipinski definition) is 4. The van der Waals surface area contributed by atoms with Crippen LogP contribution in [0.2, 0.25) is 0 Å². The van der Waals surface area contributed by atoms with Gasteiger partial charge in [-0.2, -0.15) is 5.10 Å². The van der Waals surface area contributed by atoms with Crippen LogP contribution in [0.3, 0.4) is 0 Å². The van der Waals surface area contributed by atoms with Crippen LogP contribution in [-0.4, -0.2) is 25.8 Å². The molecule has 6 heteroatoms. The lowest BCUT2D eigenvalue weighted by atomic mass is 10.0. The maximum Gasteiger partial charge on any atom is 0.277 e. The van der Waals surface area contributed by atoms with Gasteiger partial charge in [-0.1, -0.05) is 54.6 Å². The van der Waals surface area contributed by atoms with E-state index in [1.54, 1.807) is 13.3 Å². The van der Waals surface area contributed by atoms with Crippen LogP contribution < -0.4 is 14.9 Å². The number of carbonyl (C=O) groups is 1. The van der Waals surface area contributed by atoms with Crippen molar-refractivity contribution >= 4 is 49.6 Å². The van der Waals surface area contributed by atoms with E-state index in [4.69, 9.17) is 9.47 Å². The Bertz CT molecular complexity index is 1250. The number of nitrogens with zero attached hydrogens (tertiary/aromatic N) is 1. The van der Waals surface area contributed by atoms with E-state index >= 15 is 0 Å². The van der Waals surface area contributed by atoms with E-state index in [2.05, 4.69) is 26.5 Å². The van der Waals surface area contributed by atoms with Crippen molar-refractivity contribution in [3.05, 3.63) is 82.8 Å². The van der Waals surface area contributed by atoms with Gasteiger partial charge in [-0.05, 0) is 50.3 Å². The monoisotopic (exact) mass is 462 g/mol. The normalized spacial score (nSPS) is 11.1. The third kappa shape index (κ3) is 4.14. The molecule has 4 aromatic rings. The second-order valence-corrected chi connectivity index (χ2v) is 7.38. The van der Waals surface area contributed by atoms with E-state index in [0.717, 1.165) is 37.3 Å². The highest BCUT2D eigenvalue weighted by Gasteiger charge is 2.08. The molecule has 0 radical (unpaired) electrons. The van der Waals surface area contributed by atoms with Gasteiger partial charge in [0.15, 0.2) is 6.61 Å². The first kappa shape index (κ1) is 19.9. The molecule has 30 heavy (non-hydrogen) atoms. The van der Waals surface area contributed by atoms with Crippen LogP contribution in [-0.2, 0) is 4.79 Å². The molecule has 0 saturated heterocycles. The Morgan fingerprint density at radius 1 is 0.933 bits per heavy atom. The zero-order valence-electron chi connectivity index (χ0n) is 16.3. The van der Waals surface area contributed by atoms with Crippen molar-refractivity contribution in [3.8, 4) is 11.5 Å². The predicted octanol–water partition coefficient (Wildman–Crippen LogP) is 5.29. The lowest BCUT2D eigenvalue weighted by Gasteiger charge is -2.10. The summed E-state index contributed by atoms with van der Waals surface area (Å²) in [6, 6.07) is 23.4. The summed E-state index contributed by atoms with van der Waals surface area (Å²) in [6.07, 6.45) is 1.62. The van der Waals surface area contributed by atoms with Gasteiger partial charge in [0.2, 0.25) is 0 Å². The lowest BCUT2D eigenvalue weighted by Crippen LogP contribution is -2.24. The number of hydrogen-bond donors (Lipinski definition) is 1. The Hall–Kier alpha value is -3.38. The van der Waals surface area contributed by atoms with Gasteiger partial charge >= 0.3 is 0 Å².